The summed E-state index contributed by atoms with van der Waals surface area (Å²) < 4.78 is 12.7. The summed E-state index contributed by atoms with van der Waals surface area (Å²) in [6.07, 6.45) is 5.16. The summed E-state index contributed by atoms with van der Waals surface area (Å²) >= 11 is 0. The zero-order chi connectivity index (χ0) is 20.8. The summed E-state index contributed by atoms with van der Waals surface area (Å²) in [5.74, 6) is -0.238. The van der Waals surface area contributed by atoms with Crippen LogP contribution in [0, 0.1) is 6.92 Å². The molecule has 3 rings (SSSR count). The second-order valence-corrected chi connectivity index (χ2v) is 6.61. The lowest BCUT2D eigenvalue weighted by Gasteiger charge is -2.18. The summed E-state index contributed by atoms with van der Waals surface area (Å²) in [6.45, 7) is 2.64. The fourth-order valence-electron chi connectivity index (χ4n) is 3.06. The first-order valence-electron chi connectivity index (χ1n) is 9.18. The molecule has 0 aliphatic rings. The van der Waals surface area contributed by atoms with Crippen molar-refractivity contribution in [3.05, 3.63) is 76.4 Å². The van der Waals surface area contributed by atoms with E-state index in [0.29, 0.717) is 24.6 Å². The maximum atomic E-state index is 12.6. The Balaban J connectivity index is 1.82. The monoisotopic (exact) mass is 397 g/mol. The highest BCUT2D eigenvalue weighted by Crippen LogP contribution is 2.33. The van der Waals surface area contributed by atoms with E-state index >= 15 is 0 Å². The van der Waals surface area contributed by atoms with E-state index in [1.807, 2.05) is 10.8 Å². The van der Waals surface area contributed by atoms with Gasteiger partial charge in [0, 0.05) is 38.0 Å². The first-order valence-corrected chi connectivity index (χ1v) is 9.18. The fourth-order valence-corrected chi connectivity index (χ4v) is 3.06. The van der Waals surface area contributed by atoms with Gasteiger partial charge >= 0.3 is 0 Å². The topological polar surface area (TPSA) is 107 Å². The second kappa shape index (κ2) is 9.09. The average molecular weight is 397 g/mol. The number of aromatic hydroxyl groups is 1. The molecule has 2 heterocycles. The van der Waals surface area contributed by atoms with Gasteiger partial charge in [-0.1, -0.05) is 12.1 Å². The van der Waals surface area contributed by atoms with Crippen molar-refractivity contribution in [2.24, 2.45) is 0 Å². The molecule has 0 aliphatic heterocycles. The van der Waals surface area contributed by atoms with Crippen LogP contribution in [-0.2, 0) is 11.3 Å². The van der Waals surface area contributed by atoms with E-state index < -0.39 is 17.1 Å². The third-order valence-electron chi connectivity index (χ3n) is 4.55. The minimum absolute atomic E-state index is 0.0101. The minimum atomic E-state index is -0.623. The predicted octanol–water partition coefficient (Wildman–Crippen LogP) is 2.20. The van der Waals surface area contributed by atoms with Crippen LogP contribution in [0.4, 0.5) is 0 Å². The number of hydrogen-bond acceptors (Lipinski definition) is 6. The van der Waals surface area contributed by atoms with E-state index in [1.54, 1.807) is 50.8 Å². The normalized spacial score (nSPS) is 11.8. The number of rotatable bonds is 8. The maximum absolute atomic E-state index is 12.6. The van der Waals surface area contributed by atoms with Crippen molar-refractivity contribution >= 4 is 5.91 Å². The van der Waals surface area contributed by atoms with E-state index in [2.05, 4.69) is 10.3 Å². The standard InChI is InChI=1S/C21H23N3O5/c1-14-11-18(25)20(27)21(29-14)17(15-3-5-16(28-2)6-4-15)12-19(26)23-8-10-24-9-7-22-13-24/h3-7,9,11,13,17,27H,8,10,12H2,1-2H3,(H,23,26). The molecule has 0 radical (unpaired) electrons. The maximum Gasteiger partial charge on any atom is 0.227 e. The molecule has 8 heteroatoms. The van der Waals surface area contributed by atoms with Crippen molar-refractivity contribution in [2.75, 3.05) is 13.7 Å². The van der Waals surface area contributed by atoms with Crippen molar-refractivity contribution in [3.63, 3.8) is 0 Å². The van der Waals surface area contributed by atoms with Crippen LogP contribution in [0.3, 0.4) is 0 Å². The number of methoxy groups -OCH3 is 1. The molecule has 0 saturated carbocycles. The van der Waals surface area contributed by atoms with Gasteiger partial charge in [-0.15, -0.1) is 0 Å². The smallest absolute Gasteiger partial charge is 0.227 e. The third kappa shape index (κ3) is 5.04. The van der Waals surface area contributed by atoms with E-state index in [1.165, 1.54) is 6.07 Å². The molecule has 3 aromatic rings. The van der Waals surface area contributed by atoms with Crippen molar-refractivity contribution < 1.29 is 19.1 Å². The van der Waals surface area contributed by atoms with E-state index in [0.717, 1.165) is 5.56 Å². The van der Waals surface area contributed by atoms with Crippen LogP contribution in [-0.4, -0.2) is 34.2 Å². The van der Waals surface area contributed by atoms with E-state index in [-0.39, 0.29) is 18.1 Å². The van der Waals surface area contributed by atoms with Crippen LogP contribution < -0.4 is 15.5 Å². The number of hydrogen-bond donors (Lipinski definition) is 2. The van der Waals surface area contributed by atoms with Crippen LogP contribution in [0.5, 0.6) is 11.5 Å². The van der Waals surface area contributed by atoms with Crippen LogP contribution in [0.25, 0.3) is 0 Å². The highest BCUT2D eigenvalue weighted by Gasteiger charge is 2.25. The second-order valence-electron chi connectivity index (χ2n) is 6.61. The van der Waals surface area contributed by atoms with Crippen LogP contribution >= 0.6 is 0 Å². The summed E-state index contributed by atoms with van der Waals surface area (Å²) in [4.78, 5) is 28.6. The SMILES string of the molecule is COc1ccc(C(CC(=O)NCCn2ccnc2)c2oc(C)cc(=O)c2O)cc1. The summed E-state index contributed by atoms with van der Waals surface area (Å²) in [7, 11) is 1.56. The first-order chi connectivity index (χ1) is 14.0. The van der Waals surface area contributed by atoms with Gasteiger partial charge in [0.1, 0.15) is 11.5 Å². The molecule has 0 bridgehead atoms. The van der Waals surface area contributed by atoms with Crippen LogP contribution in [0.1, 0.15) is 29.4 Å². The lowest BCUT2D eigenvalue weighted by molar-refractivity contribution is -0.121. The number of imidazole rings is 1. The summed E-state index contributed by atoms with van der Waals surface area (Å²) in [5.41, 5.74) is 0.183. The molecule has 1 atom stereocenters. The number of nitrogens with zero attached hydrogens (tertiary/aromatic N) is 2. The molecule has 152 valence electrons. The molecule has 1 unspecified atom stereocenters. The number of ether oxygens (including phenoxy) is 1. The Morgan fingerprint density at radius 1 is 1.34 bits per heavy atom. The van der Waals surface area contributed by atoms with Crippen LogP contribution in [0.15, 0.2) is 58.3 Å². The van der Waals surface area contributed by atoms with Crippen LogP contribution in [0.2, 0.25) is 0 Å². The quantitative estimate of drug-likeness (QED) is 0.604. The molecule has 2 aromatic heterocycles. The van der Waals surface area contributed by atoms with Gasteiger partial charge in [-0.2, -0.15) is 0 Å². The first kappa shape index (κ1) is 20.2. The minimum Gasteiger partial charge on any atom is -0.502 e. The number of carbonyl (C=O) groups excluding carboxylic acids is 1. The van der Waals surface area contributed by atoms with E-state index in [4.69, 9.17) is 9.15 Å². The fraction of sp³-hybridized carbons (Fsp3) is 0.286. The highest BCUT2D eigenvalue weighted by atomic mass is 16.5. The molecule has 1 amide bonds. The van der Waals surface area contributed by atoms with Gasteiger partial charge in [-0.3, -0.25) is 9.59 Å². The van der Waals surface area contributed by atoms with Gasteiger partial charge in [0.2, 0.25) is 17.1 Å². The molecule has 0 spiro atoms. The third-order valence-corrected chi connectivity index (χ3v) is 4.55. The number of benzene rings is 1. The average Bonchev–Trinajstić information content (AvgIpc) is 3.23. The Hall–Kier alpha value is -3.55. The molecule has 8 nitrogen and oxygen atoms in total. The van der Waals surface area contributed by atoms with Crippen molar-refractivity contribution in [2.45, 2.75) is 25.8 Å². The van der Waals surface area contributed by atoms with E-state index in [9.17, 15) is 14.7 Å². The Morgan fingerprint density at radius 3 is 2.76 bits per heavy atom. The zero-order valence-corrected chi connectivity index (χ0v) is 16.3. The molecule has 2 N–H and O–H groups in total. The van der Waals surface area contributed by atoms with Gasteiger partial charge in [-0.25, -0.2) is 4.98 Å². The Kier molecular flexibility index (Phi) is 6.33. The molecule has 29 heavy (non-hydrogen) atoms. The molecular weight excluding hydrogens is 374 g/mol. The van der Waals surface area contributed by atoms with Gasteiger partial charge in [-0.05, 0) is 24.6 Å². The number of amides is 1. The Bertz CT molecular complexity index is 1010. The zero-order valence-electron chi connectivity index (χ0n) is 16.3. The lowest BCUT2D eigenvalue weighted by atomic mass is 9.91. The van der Waals surface area contributed by atoms with Crippen molar-refractivity contribution in [1.29, 1.82) is 0 Å². The van der Waals surface area contributed by atoms with Gasteiger partial charge < -0.3 is 24.1 Å². The molecule has 0 saturated heterocycles. The number of aromatic nitrogens is 2. The van der Waals surface area contributed by atoms with Gasteiger partial charge in [0.25, 0.3) is 0 Å². The molecular formula is C21H23N3O5. The number of carbonyl (C=O) groups is 1. The van der Waals surface area contributed by atoms with Crippen molar-refractivity contribution in [3.8, 4) is 11.5 Å². The highest BCUT2D eigenvalue weighted by molar-refractivity contribution is 5.77. The molecule has 0 fully saturated rings. The summed E-state index contributed by atoms with van der Waals surface area (Å²) in [6, 6.07) is 8.29. The number of aryl methyl sites for hydroxylation is 1. The predicted molar refractivity (Wildman–Crippen MR) is 106 cm³/mol. The lowest BCUT2D eigenvalue weighted by Crippen LogP contribution is -2.28. The Morgan fingerprint density at radius 2 is 2.10 bits per heavy atom. The Labute approximate surface area is 167 Å². The van der Waals surface area contributed by atoms with Gasteiger partial charge in [0.05, 0.1) is 19.4 Å². The summed E-state index contributed by atoms with van der Waals surface area (Å²) in [5, 5.41) is 13.1. The molecule has 0 aliphatic carbocycles. The van der Waals surface area contributed by atoms with Crippen molar-refractivity contribution in [1.82, 2.24) is 14.9 Å². The largest absolute Gasteiger partial charge is 0.502 e. The van der Waals surface area contributed by atoms with Gasteiger partial charge in [0.15, 0.2) is 5.76 Å². The molecule has 1 aromatic carbocycles. The number of nitrogens with one attached hydrogen (secondary N) is 1.